The molecule has 184 valence electrons. The summed E-state index contributed by atoms with van der Waals surface area (Å²) in [6.07, 6.45) is 0. The summed E-state index contributed by atoms with van der Waals surface area (Å²) in [6, 6.07) is 21.8. The molecule has 0 atom stereocenters. The van der Waals surface area contributed by atoms with Gasteiger partial charge in [-0.15, -0.1) is 10.2 Å². The maximum absolute atomic E-state index is 12.6. The monoisotopic (exact) mass is 521 g/mol. The molecule has 3 aromatic carbocycles. The number of nitrogens with zero attached hydrogens (tertiary/aromatic N) is 3. The molecule has 0 aliphatic heterocycles. The van der Waals surface area contributed by atoms with E-state index in [1.165, 1.54) is 18.7 Å². The van der Waals surface area contributed by atoms with E-state index >= 15 is 0 Å². The van der Waals surface area contributed by atoms with Crippen LogP contribution < -0.4 is 15.4 Å². The van der Waals surface area contributed by atoms with Crippen molar-refractivity contribution < 1.29 is 14.3 Å². The second-order valence-electron chi connectivity index (χ2n) is 7.74. The van der Waals surface area contributed by atoms with Crippen LogP contribution in [-0.2, 0) is 11.3 Å². The van der Waals surface area contributed by atoms with Crippen molar-refractivity contribution in [2.24, 2.45) is 0 Å². The molecule has 1 amide bonds. The smallest absolute Gasteiger partial charge is 0.234 e. The minimum Gasteiger partial charge on any atom is -0.497 e. The van der Waals surface area contributed by atoms with Crippen molar-refractivity contribution in [2.45, 2.75) is 18.6 Å². The molecule has 10 heteroatoms. The predicted octanol–water partition coefficient (Wildman–Crippen LogP) is 5.47. The van der Waals surface area contributed by atoms with E-state index in [0.29, 0.717) is 33.8 Å². The van der Waals surface area contributed by atoms with Gasteiger partial charge in [-0.1, -0.05) is 35.5 Å². The van der Waals surface area contributed by atoms with Crippen LogP contribution >= 0.6 is 23.4 Å². The topological polar surface area (TPSA) is 98.1 Å². The average Bonchev–Trinajstić information content (AvgIpc) is 3.30. The first-order valence-electron chi connectivity index (χ1n) is 11.1. The summed E-state index contributed by atoms with van der Waals surface area (Å²) >= 11 is 7.55. The molecule has 0 fully saturated rings. The highest BCUT2D eigenvalue weighted by molar-refractivity contribution is 7.99. The summed E-state index contributed by atoms with van der Waals surface area (Å²) in [6.45, 7) is 1.87. The number of carbonyl (C=O) groups is 2. The van der Waals surface area contributed by atoms with Crippen molar-refractivity contribution in [2.75, 3.05) is 23.5 Å². The molecule has 2 N–H and O–H groups in total. The highest BCUT2D eigenvalue weighted by Crippen LogP contribution is 2.26. The summed E-state index contributed by atoms with van der Waals surface area (Å²) in [5.41, 5.74) is 2.83. The molecule has 0 radical (unpaired) electrons. The van der Waals surface area contributed by atoms with Gasteiger partial charge in [0.1, 0.15) is 5.75 Å². The third-order valence-electron chi connectivity index (χ3n) is 5.25. The third kappa shape index (κ3) is 6.24. The molecule has 0 aliphatic carbocycles. The van der Waals surface area contributed by atoms with E-state index in [1.807, 2.05) is 53.1 Å². The number of Topliss-reactive ketones (excluding diaryl/α,β-unsaturated/α-hetero) is 1. The number of methoxy groups -OCH3 is 1. The average molecular weight is 522 g/mol. The molecule has 0 spiro atoms. The van der Waals surface area contributed by atoms with Crippen LogP contribution in [0, 0.1) is 0 Å². The van der Waals surface area contributed by atoms with Gasteiger partial charge < -0.3 is 15.4 Å². The number of carbonyl (C=O) groups excluding carboxylic acids is 2. The minimum atomic E-state index is -0.199. The number of para-hydroxylation sites is 1. The molecule has 0 bridgehead atoms. The van der Waals surface area contributed by atoms with Gasteiger partial charge >= 0.3 is 0 Å². The molecule has 0 unspecified atom stereocenters. The zero-order valence-corrected chi connectivity index (χ0v) is 21.3. The molecule has 0 saturated heterocycles. The molecule has 1 heterocycles. The van der Waals surface area contributed by atoms with Crippen LogP contribution in [0.15, 0.2) is 78.0 Å². The van der Waals surface area contributed by atoms with Gasteiger partial charge in [0, 0.05) is 16.9 Å². The van der Waals surface area contributed by atoms with E-state index in [0.717, 1.165) is 17.1 Å². The lowest BCUT2D eigenvalue weighted by Gasteiger charge is -2.13. The number of thioether (sulfide) groups is 1. The van der Waals surface area contributed by atoms with E-state index in [9.17, 15) is 9.59 Å². The Kier molecular flexibility index (Phi) is 8.24. The van der Waals surface area contributed by atoms with Crippen LogP contribution in [0.5, 0.6) is 5.75 Å². The number of rotatable bonds is 10. The number of ketones is 1. The summed E-state index contributed by atoms with van der Waals surface area (Å²) < 4.78 is 7.17. The Morgan fingerprint density at radius 2 is 1.72 bits per heavy atom. The number of amides is 1. The van der Waals surface area contributed by atoms with E-state index in [2.05, 4.69) is 20.8 Å². The Bertz CT molecular complexity index is 1360. The lowest BCUT2D eigenvalue weighted by Crippen LogP contribution is -2.15. The van der Waals surface area contributed by atoms with Gasteiger partial charge in [-0.2, -0.15) is 0 Å². The summed E-state index contributed by atoms with van der Waals surface area (Å²) in [7, 11) is 1.61. The number of halogens is 1. The Balaban J connectivity index is 1.50. The number of benzene rings is 3. The number of hydrogen-bond acceptors (Lipinski definition) is 7. The molecule has 4 aromatic rings. The quantitative estimate of drug-likeness (QED) is 0.211. The van der Waals surface area contributed by atoms with Crippen LogP contribution in [0.3, 0.4) is 0 Å². The molecular weight excluding hydrogens is 498 g/mol. The van der Waals surface area contributed by atoms with Gasteiger partial charge in [0.25, 0.3) is 0 Å². The van der Waals surface area contributed by atoms with Crippen LogP contribution in [0.4, 0.5) is 11.4 Å². The normalized spacial score (nSPS) is 10.6. The highest BCUT2D eigenvalue weighted by Gasteiger charge is 2.17. The molecular formula is C26H24ClN5O3S. The number of anilines is 2. The van der Waals surface area contributed by atoms with E-state index in [-0.39, 0.29) is 17.4 Å². The van der Waals surface area contributed by atoms with Gasteiger partial charge in [0.2, 0.25) is 5.91 Å². The van der Waals surface area contributed by atoms with Gasteiger partial charge in [-0.05, 0) is 67.6 Å². The molecule has 4 rings (SSSR count). The van der Waals surface area contributed by atoms with Gasteiger partial charge in [-0.25, -0.2) is 0 Å². The molecule has 8 nitrogen and oxygen atoms in total. The first kappa shape index (κ1) is 25.3. The maximum Gasteiger partial charge on any atom is 0.234 e. The molecule has 1 aromatic heterocycles. The van der Waals surface area contributed by atoms with Crippen molar-refractivity contribution >= 4 is 46.4 Å². The van der Waals surface area contributed by atoms with E-state index in [4.69, 9.17) is 16.3 Å². The second-order valence-corrected chi connectivity index (χ2v) is 9.09. The Morgan fingerprint density at radius 1 is 1.00 bits per heavy atom. The van der Waals surface area contributed by atoms with Crippen LogP contribution in [0.2, 0.25) is 5.02 Å². The standard InChI is InChI=1S/C26H24ClN5O3S/c1-17(33)18-7-9-19(10-8-18)29-25(34)16-36-26-31-30-24(15-28-23-6-4-3-5-22(23)27)32(26)20-11-13-21(35-2)14-12-20/h3-14,28H,15-16H2,1-2H3,(H,29,34). The zero-order chi connectivity index (χ0) is 25.5. The van der Waals surface area contributed by atoms with Crippen LogP contribution in [-0.4, -0.2) is 39.3 Å². The zero-order valence-electron chi connectivity index (χ0n) is 19.7. The lowest BCUT2D eigenvalue weighted by molar-refractivity contribution is -0.113. The Labute approximate surface area is 218 Å². The summed E-state index contributed by atoms with van der Waals surface area (Å²) in [5, 5.41) is 16.0. The molecule has 36 heavy (non-hydrogen) atoms. The summed E-state index contributed by atoms with van der Waals surface area (Å²) in [4.78, 5) is 24.0. The van der Waals surface area contributed by atoms with Crippen LogP contribution in [0.25, 0.3) is 5.69 Å². The van der Waals surface area contributed by atoms with Gasteiger partial charge in [0.15, 0.2) is 16.8 Å². The van der Waals surface area contributed by atoms with Crippen molar-refractivity contribution in [3.63, 3.8) is 0 Å². The fraction of sp³-hybridized carbons (Fsp3) is 0.154. The summed E-state index contributed by atoms with van der Waals surface area (Å²) in [5.74, 6) is 1.28. The van der Waals surface area contributed by atoms with Crippen molar-refractivity contribution in [3.05, 3.63) is 89.2 Å². The maximum atomic E-state index is 12.6. The highest BCUT2D eigenvalue weighted by atomic mass is 35.5. The number of aromatic nitrogens is 3. The fourth-order valence-corrected chi connectivity index (χ4v) is 4.37. The van der Waals surface area contributed by atoms with Crippen molar-refractivity contribution in [1.82, 2.24) is 14.8 Å². The van der Waals surface area contributed by atoms with Crippen molar-refractivity contribution in [1.29, 1.82) is 0 Å². The number of nitrogens with one attached hydrogen (secondary N) is 2. The number of hydrogen-bond donors (Lipinski definition) is 2. The lowest BCUT2D eigenvalue weighted by atomic mass is 10.1. The van der Waals surface area contributed by atoms with E-state index in [1.54, 1.807) is 31.4 Å². The van der Waals surface area contributed by atoms with Crippen molar-refractivity contribution in [3.8, 4) is 11.4 Å². The SMILES string of the molecule is COc1ccc(-n2c(CNc3ccccc3Cl)nnc2SCC(=O)Nc2ccc(C(C)=O)cc2)cc1. The second kappa shape index (κ2) is 11.7. The van der Waals surface area contributed by atoms with Gasteiger partial charge in [-0.3, -0.25) is 14.2 Å². The first-order chi connectivity index (χ1) is 17.4. The largest absolute Gasteiger partial charge is 0.497 e. The predicted molar refractivity (Wildman–Crippen MR) is 142 cm³/mol. The molecule has 0 saturated carbocycles. The molecule has 0 aliphatic rings. The minimum absolute atomic E-state index is 0.0267. The van der Waals surface area contributed by atoms with Gasteiger partial charge in [0.05, 0.1) is 30.1 Å². The van der Waals surface area contributed by atoms with Crippen LogP contribution in [0.1, 0.15) is 23.1 Å². The van der Waals surface area contributed by atoms with E-state index < -0.39 is 0 Å². The Hall–Kier alpha value is -3.82. The fourth-order valence-electron chi connectivity index (χ4n) is 3.39. The number of ether oxygens (including phenoxy) is 1. The Morgan fingerprint density at radius 3 is 2.39 bits per heavy atom. The third-order valence-corrected chi connectivity index (χ3v) is 6.51. The first-order valence-corrected chi connectivity index (χ1v) is 12.4.